The zero-order valence-corrected chi connectivity index (χ0v) is 20.2. The third-order valence-corrected chi connectivity index (χ3v) is 14.3. The number of thiazole rings is 1. The van der Waals surface area contributed by atoms with Crippen LogP contribution >= 0.6 is 28.5 Å². The van der Waals surface area contributed by atoms with Gasteiger partial charge in [0, 0.05) is 0 Å². The number of fused-ring (bicyclic) bond motifs is 1. The van der Waals surface area contributed by atoms with Crippen molar-refractivity contribution in [1.82, 2.24) is 4.98 Å². The first-order chi connectivity index (χ1) is 15.6. The van der Waals surface area contributed by atoms with Crippen molar-refractivity contribution in [3.05, 3.63) is 114 Å². The number of ether oxygens (including phenoxy) is 1. The number of halogens is 1. The van der Waals surface area contributed by atoms with Gasteiger partial charge in [-0.25, -0.2) is 0 Å². The number of nitrogens with zero attached hydrogens (tertiary/aromatic N) is 1. The third-order valence-electron chi connectivity index (χ3n) is 5.96. The van der Waals surface area contributed by atoms with Crippen LogP contribution in [0.25, 0.3) is 10.2 Å². The normalized spacial score (nSPS) is 12.9. The molecule has 0 unspecified atom stereocenters. The van der Waals surface area contributed by atoms with Crippen LogP contribution in [0.2, 0.25) is 0 Å². The third kappa shape index (κ3) is 3.42. The van der Waals surface area contributed by atoms with Gasteiger partial charge in [0.25, 0.3) is 0 Å². The van der Waals surface area contributed by atoms with Gasteiger partial charge in [-0.2, -0.15) is 0 Å². The Morgan fingerprint density at radius 1 is 0.750 bits per heavy atom. The molecule has 0 atom stereocenters. The summed E-state index contributed by atoms with van der Waals surface area (Å²) in [6.45, 7) is 0. The monoisotopic (exact) mass is 475 g/mol. The Bertz CT molecular complexity index is 1260. The molecule has 4 aromatic carbocycles. The average molecular weight is 476 g/mol. The van der Waals surface area contributed by atoms with Gasteiger partial charge in [0.05, 0.1) is 0 Å². The van der Waals surface area contributed by atoms with Crippen LogP contribution in [-0.2, 0) is 6.16 Å². The van der Waals surface area contributed by atoms with Crippen LogP contribution in [0.1, 0.15) is 5.01 Å². The molecule has 0 saturated heterocycles. The van der Waals surface area contributed by atoms with Crippen LogP contribution in [-0.4, -0.2) is 12.1 Å². The molecule has 32 heavy (non-hydrogen) atoms. The van der Waals surface area contributed by atoms with Crippen LogP contribution in [0.4, 0.5) is 0 Å². The van der Waals surface area contributed by atoms with Gasteiger partial charge in [0.2, 0.25) is 0 Å². The van der Waals surface area contributed by atoms with E-state index in [1.165, 1.54) is 0 Å². The van der Waals surface area contributed by atoms with E-state index in [9.17, 15) is 0 Å². The molecule has 1 heterocycles. The maximum atomic E-state index is 8.17. The van der Waals surface area contributed by atoms with Gasteiger partial charge in [0.15, 0.2) is 0 Å². The van der Waals surface area contributed by atoms with Crippen LogP contribution in [0.3, 0.4) is 0 Å². The van der Waals surface area contributed by atoms with E-state index in [1.54, 1.807) is 18.4 Å². The number of benzene rings is 4. The second-order valence-electron chi connectivity index (χ2n) is 7.79. The van der Waals surface area contributed by atoms with Crippen molar-refractivity contribution in [2.24, 2.45) is 0 Å². The summed E-state index contributed by atoms with van der Waals surface area (Å²) in [6.07, 6.45) is 0.646. The second-order valence-corrected chi connectivity index (χ2v) is 15.4. The van der Waals surface area contributed by atoms with Crippen molar-refractivity contribution < 1.29 is 4.74 Å². The molecule has 0 spiro atoms. The van der Waals surface area contributed by atoms with E-state index in [0.29, 0.717) is 6.16 Å². The molecule has 0 fully saturated rings. The van der Waals surface area contributed by atoms with E-state index in [4.69, 9.17) is 21.0 Å². The molecule has 160 valence electrons. The Morgan fingerprint density at radius 3 is 1.72 bits per heavy atom. The topological polar surface area (TPSA) is 22.1 Å². The molecule has 0 radical (unpaired) electrons. The summed E-state index contributed by atoms with van der Waals surface area (Å²) in [7, 11) is 1.69. The minimum absolute atomic E-state index is 0.646. The molecule has 0 amide bonds. The molecule has 5 heteroatoms. The fourth-order valence-electron chi connectivity index (χ4n) is 4.34. The zero-order chi connectivity index (χ0) is 22.0. The standard InChI is InChI=1S/C27H23ClNOPS/c1-30-21-17-18-25-26(19-21)32-27(29-25)20-31(28,22-11-5-2-6-12-22,23-13-7-3-8-14-23)24-15-9-4-10-16-24/h2-19H,20H2,1H3. The molecular formula is C27H23ClNOPS. The maximum absolute atomic E-state index is 8.17. The van der Waals surface area contributed by atoms with Crippen molar-refractivity contribution in [2.45, 2.75) is 6.16 Å². The Kier molecular flexibility index (Phi) is 5.51. The first kappa shape index (κ1) is 21.2. The molecule has 0 N–H and O–H groups in total. The van der Waals surface area contributed by atoms with Gasteiger partial charge < -0.3 is 0 Å². The molecule has 0 aliphatic carbocycles. The summed E-state index contributed by atoms with van der Waals surface area (Å²) in [5.74, 6) is -2.54. The Balaban J connectivity index is 1.80. The van der Waals surface area contributed by atoms with Gasteiger partial charge in [-0.3, -0.25) is 0 Å². The van der Waals surface area contributed by atoms with Gasteiger partial charge >= 0.3 is 198 Å². The fraction of sp³-hybridized carbons (Fsp3) is 0.0741. The molecule has 2 nitrogen and oxygen atoms in total. The predicted molar refractivity (Wildman–Crippen MR) is 141 cm³/mol. The molecule has 5 aromatic rings. The Morgan fingerprint density at radius 2 is 1.25 bits per heavy atom. The summed E-state index contributed by atoms with van der Waals surface area (Å²) < 4.78 is 6.53. The average Bonchev–Trinajstić information content (AvgIpc) is 3.26. The summed E-state index contributed by atoms with van der Waals surface area (Å²) in [6, 6.07) is 37.6. The molecule has 0 aliphatic rings. The van der Waals surface area contributed by atoms with Gasteiger partial charge in [0.1, 0.15) is 0 Å². The minimum atomic E-state index is -3.38. The second kappa shape index (κ2) is 8.33. The number of hydrogen-bond donors (Lipinski definition) is 0. The zero-order valence-electron chi connectivity index (χ0n) is 17.7. The Labute approximate surface area is 197 Å². The molecule has 1 aromatic heterocycles. The van der Waals surface area contributed by atoms with E-state index in [2.05, 4.69) is 72.8 Å². The van der Waals surface area contributed by atoms with Crippen LogP contribution in [0, 0.1) is 0 Å². The fourth-order valence-corrected chi connectivity index (χ4v) is 12.1. The van der Waals surface area contributed by atoms with Crippen molar-refractivity contribution in [3.8, 4) is 5.75 Å². The Hall–Kier alpha value is -2.71. The molecule has 0 aliphatic heterocycles. The van der Waals surface area contributed by atoms with E-state index in [0.717, 1.165) is 36.9 Å². The molecule has 0 bridgehead atoms. The summed E-state index contributed by atoms with van der Waals surface area (Å²) in [4.78, 5) is 5.01. The van der Waals surface area contributed by atoms with Crippen molar-refractivity contribution >= 4 is 54.7 Å². The SMILES string of the molecule is COc1ccc2nc(CP(Cl)(c3ccccc3)(c3ccccc3)c3ccccc3)sc2c1. The van der Waals surface area contributed by atoms with Crippen molar-refractivity contribution in [2.75, 3.05) is 7.11 Å². The van der Waals surface area contributed by atoms with Crippen LogP contribution in [0.15, 0.2) is 109 Å². The summed E-state index contributed by atoms with van der Waals surface area (Å²) in [5, 5.41) is 4.47. The molecule has 0 saturated carbocycles. The quantitative estimate of drug-likeness (QED) is 0.262. The molecular weight excluding hydrogens is 453 g/mol. The van der Waals surface area contributed by atoms with Crippen LogP contribution in [0.5, 0.6) is 5.75 Å². The van der Waals surface area contributed by atoms with E-state index < -0.39 is 5.96 Å². The van der Waals surface area contributed by atoms with Gasteiger partial charge in [-0.1, -0.05) is 0 Å². The van der Waals surface area contributed by atoms with Gasteiger partial charge in [-0.05, 0) is 0 Å². The molecule has 5 rings (SSSR count). The van der Waals surface area contributed by atoms with Crippen molar-refractivity contribution in [3.63, 3.8) is 0 Å². The predicted octanol–water partition coefficient (Wildman–Crippen LogP) is 6.49. The summed E-state index contributed by atoms with van der Waals surface area (Å²) >= 11 is 9.86. The van der Waals surface area contributed by atoms with E-state index >= 15 is 0 Å². The summed E-state index contributed by atoms with van der Waals surface area (Å²) in [5.41, 5.74) is 0.974. The first-order valence-corrected chi connectivity index (χ1v) is 14.6. The van der Waals surface area contributed by atoms with Crippen LogP contribution < -0.4 is 20.7 Å². The van der Waals surface area contributed by atoms with Crippen molar-refractivity contribution in [1.29, 1.82) is 0 Å². The van der Waals surface area contributed by atoms with Gasteiger partial charge in [-0.15, -0.1) is 0 Å². The number of methoxy groups -OCH3 is 1. The number of aromatic nitrogens is 1. The van der Waals surface area contributed by atoms with E-state index in [1.807, 2.05) is 36.4 Å². The number of hydrogen-bond acceptors (Lipinski definition) is 3. The first-order valence-electron chi connectivity index (χ1n) is 10.4. The van der Waals surface area contributed by atoms with E-state index in [-0.39, 0.29) is 0 Å². The number of rotatable bonds is 6.